The Hall–Kier alpha value is 0.700. The van der Waals surface area contributed by atoms with Gasteiger partial charge in [-0.05, 0) is 0 Å². The Kier molecular flexibility index (Phi) is 16.2. The molecule has 0 amide bonds. The first kappa shape index (κ1) is 9.20. The maximum Gasteiger partial charge on any atom is 5.00 e. The van der Waals surface area contributed by atoms with Crippen LogP contribution in [0.2, 0.25) is 0 Å². The van der Waals surface area contributed by atoms with Crippen molar-refractivity contribution in [2.24, 2.45) is 0 Å². The molecule has 0 aromatic heterocycles. The van der Waals surface area contributed by atoms with Crippen LogP contribution in [-0.2, 0) is 22.4 Å². The summed E-state index contributed by atoms with van der Waals surface area (Å²) in [5.74, 6) is 0. The predicted octanol–water partition coefficient (Wildman–Crippen LogP) is 1.01. The standard InChI is InChI=1S/C3H8N.Ta/c1-3-4-2;/h3H2,1-2H3;/q-1;+5. The summed E-state index contributed by atoms with van der Waals surface area (Å²) in [6.07, 6.45) is 0. The first-order valence-corrected chi connectivity index (χ1v) is 1.47. The van der Waals surface area contributed by atoms with Crippen LogP contribution in [0.4, 0.5) is 0 Å². The monoisotopic (exact) mass is 239 g/mol. The predicted molar refractivity (Wildman–Crippen MR) is 19.8 cm³/mol. The molecule has 0 unspecified atom stereocenters. The van der Waals surface area contributed by atoms with E-state index in [1.54, 1.807) is 7.05 Å². The Bertz CT molecular complexity index is 8.85. The van der Waals surface area contributed by atoms with Crippen LogP contribution in [0.15, 0.2) is 0 Å². The molecular weight excluding hydrogens is 231 g/mol. The van der Waals surface area contributed by atoms with Crippen LogP contribution in [-0.4, -0.2) is 13.6 Å². The minimum atomic E-state index is 0. The van der Waals surface area contributed by atoms with Gasteiger partial charge in [0.25, 0.3) is 0 Å². The number of nitrogens with zero attached hydrogens (tertiary/aromatic N) is 1. The average Bonchev–Trinajstić information content (AvgIpc) is 1.37. The van der Waals surface area contributed by atoms with Crippen molar-refractivity contribution in [2.75, 3.05) is 13.6 Å². The first-order valence-electron chi connectivity index (χ1n) is 1.47. The Morgan fingerprint density at radius 3 is 1.80 bits per heavy atom. The molecule has 0 aliphatic rings. The van der Waals surface area contributed by atoms with Crippen LogP contribution in [0.1, 0.15) is 6.92 Å². The molecule has 0 aliphatic carbocycles. The molecule has 0 aromatic rings. The minimum absolute atomic E-state index is 0. The SMILES string of the molecule is CC[N-]C.[Ta+5]. The third kappa shape index (κ3) is 11.9. The topological polar surface area (TPSA) is 14.1 Å². The second kappa shape index (κ2) is 8.83. The number of rotatable bonds is 1. The molecule has 0 N–H and O–H groups in total. The van der Waals surface area contributed by atoms with Gasteiger partial charge in [-0.3, -0.25) is 0 Å². The Balaban J connectivity index is 0. The van der Waals surface area contributed by atoms with E-state index in [9.17, 15) is 0 Å². The summed E-state index contributed by atoms with van der Waals surface area (Å²) in [5.41, 5.74) is 0. The van der Waals surface area contributed by atoms with Crippen molar-refractivity contribution in [3.8, 4) is 0 Å². The fraction of sp³-hybridized carbons (Fsp3) is 1.00. The molecule has 0 radical (unpaired) electrons. The van der Waals surface area contributed by atoms with Crippen molar-refractivity contribution in [3.63, 3.8) is 0 Å². The smallest absolute Gasteiger partial charge is 0.665 e. The summed E-state index contributed by atoms with van der Waals surface area (Å²) in [7, 11) is 1.81. The molecular formula is C3H8NTa+4. The Morgan fingerprint density at radius 1 is 1.60 bits per heavy atom. The van der Waals surface area contributed by atoms with Gasteiger partial charge in [0.1, 0.15) is 0 Å². The van der Waals surface area contributed by atoms with Gasteiger partial charge in [-0.1, -0.05) is 6.92 Å². The van der Waals surface area contributed by atoms with Crippen molar-refractivity contribution in [2.45, 2.75) is 6.92 Å². The van der Waals surface area contributed by atoms with Gasteiger partial charge < -0.3 is 5.32 Å². The van der Waals surface area contributed by atoms with Crippen LogP contribution in [0, 0.1) is 0 Å². The summed E-state index contributed by atoms with van der Waals surface area (Å²) < 4.78 is 0. The van der Waals surface area contributed by atoms with E-state index >= 15 is 0 Å². The maximum absolute atomic E-state index is 3.74. The summed E-state index contributed by atoms with van der Waals surface area (Å²) in [5, 5.41) is 3.74. The van der Waals surface area contributed by atoms with E-state index in [4.69, 9.17) is 0 Å². The molecule has 0 fully saturated rings. The molecule has 1 nitrogen and oxygen atoms in total. The second-order valence-electron chi connectivity index (χ2n) is 0.632. The van der Waals surface area contributed by atoms with Crippen molar-refractivity contribution in [1.82, 2.24) is 0 Å². The van der Waals surface area contributed by atoms with Gasteiger partial charge in [0.15, 0.2) is 0 Å². The fourth-order valence-corrected chi connectivity index (χ4v) is 0. The van der Waals surface area contributed by atoms with E-state index in [0.29, 0.717) is 0 Å². The summed E-state index contributed by atoms with van der Waals surface area (Å²) in [4.78, 5) is 0. The van der Waals surface area contributed by atoms with Gasteiger partial charge in [-0.25, -0.2) is 0 Å². The zero-order chi connectivity index (χ0) is 3.41. The van der Waals surface area contributed by atoms with Crippen LogP contribution in [0.25, 0.3) is 5.32 Å². The van der Waals surface area contributed by atoms with Crippen molar-refractivity contribution in [3.05, 3.63) is 5.32 Å². The molecule has 2 heteroatoms. The molecule has 0 heterocycles. The van der Waals surface area contributed by atoms with Gasteiger partial charge in [0, 0.05) is 0 Å². The summed E-state index contributed by atoms with van der Waals surface area (Å²) in [6, 6.07) is 0. The fourth-order valence-electron chi connectivity index (χ4n) is 0. The maximum atomic E-state index is 3.74. The van der Waals surface area contributed by atoms with Crippen LogP contribution in [0.5, 0.6) is 0 Å². The van der Waals surface area contributed by atoms with Crippen LogP contribution >= 0.6 is 0 Å². The molecule has 0 atom stereocenters. The summed E-state index contributed by atoms with van der Waals surface area (Å²) >= 11 is 0. The van der Waals surface area contributed by atoms with Gasteiger partial charge in [0.2, 0.25) is 0 Å². The second-order valence-corrected chi connectivity index (χ2v) is 0.632. The molecule has 0 saturated heterocycles. The number of hydrogen-bond donors (Lipinski definition) is 0. The van der Waals surface area contributed by atoms with Gasteiger partial charge in [-0.15, -0.1) is 0 Å². The van der Waals surface area contributed by atoms with E-state index in [1.807, 2.05) is 6.92 Å². The van der Waals surface area contributed by atoms with Gasteiger partial charge >= 0.3 is 22.4 Å². The molecule has 0 rings (SSSR count). The largest absolute Gasteiger partial charge is 5.00 e. The van der Waals surface area contributed by atoms with E-state index in [2.05, 4.69) is 5.32 Å². The van der Waals surface area contributed by atoms with Crippen LogP contribution in [0.3, 0.4) is 0 Å². The Labute approximate surface area is 48.7 Å². The normalized spacial score (nSPS) is 6.00. The van der Waals surface area contributed by atoms with Crippen molar-refractivity contribution in [1.29, 1.82) is 0 Å². The molecule has 0 saturated carbocycles. The zero-order valence-electron chi connectivity index (χ0n) is 3.60. The number of hydrogen-bond acceptors (Lipinski definition) is 0. The molecule has 26 valence electrons. The quantitative estimate of drug-likeness (QED) is 0.648. The zero-order valence-corrected chi connectivity index (χ0v) is 6.81. The summed E-state index contributed by atoms with van der Waals surface area (Å²) in [6.45, 7) is 2.96. The minimum Gasteiger partial charge on any atom is -0.665 e. The van der Waals surface area contributed by atoms with E-state index in [0.717, 1.165) is 6.54 Å². The molecule has 5 heavy (non-hydrogen) atoms. The third-order valence-electron chi connectivity index (χ3n) is 0.316. The molecule has 0 aliphatic heterocycles. The first-order chi connectivity index (χ1) is 1.91. The van der Waals surface area contributed by atoms with E-state index in [1.165, 1.54) is 0 Å². The molecule has 0 aromatic carbocycles. The molecule has 0 bridgehead atoms. The van der Waals surface area contributed by atoms with Crippen LogP contribution < -0.4 is 0 Å². The van der Waals surface area contributed by atoms with Crippen molar-refractivity contribution >= 4 is 0 Å². The average molecular weight is 239 g/mol. The van der Waals surface area contributed by atoms with Gasteiger partial charge in [0.05, 0.1) is 0 Å². The van der Waals surface area contributed by atoms with E-state index in [-0.39, 0.29) is 22.4 Å². The Morgan fingerprint density at radius 2 is 1.80 bits per heavy atom. The molecule has 0 spiro atoms. The van der Waals surface area contributed by atoms with E-state index < -0.39 is 0 Å². The van der Waals surface area contributed by atoms with Gasteiger partial charge in [-0.2, -0.15) is 13.6 Å². The van der Waals surface area contributed by atoms with Crippen molar-refractivity contribution < 1.29 is 22.4 Å². The third-order valence-corrected chi connectivity index (χ3v) is 0.316.